The average molecular weight is 373 g/mol. The Bertz CT molecular complexity index is 888. The quantitative estimate of drug-likeness (QED) is 0.717. The Hall–Kier alpha value is -2.16. The summed E-state index contributed by atoms with van der Waals surface area (Å²) in [5.41, 5.74) is 8.12. The molecule has 26 heavy (non-hydrogen) atoms. The van der Waals surface area contributed by atoms with Crippen molar-refractivity contribution < 1.29 is 13.9 Å². The summed E-state index contributed by atoms with van der Waals surface area (Å²) in [4.78, 5) is 10.9. The number of carbonyl (C=O) groups is 1. The number of hydrogen-bond donors (Lipinski definition) is 3. The average Bonchev–Trinajstić information content (AvgIpc) is 3.29. The van der Waals surface area contributed by atoms with Gasteiger partial charge in [-0.25, -0.2) is 4.79 Å². The van der Waals surface area contributed by atoms with Crippen molar-refractivity contribution in [1.82, 2.24) is 10.2 Å². The van der Waals surface area contributed by atoms with Crippen LogP contribution < -0.4 is 11.1 Å². The van der Waals surface area contributed by atoms with Gasteiger partial charge in [-0.2, -0.15) is 0 Å². The molecule has 0 bridgehead atoms. The van der Waals surface area contributed by atoms with Gasteiger partial charge in [0.25, 0.3) is 0 Å². The van der Waals surface area contributed by atoms with Crippen molar-refractivity contribution >= 4 is 34.6 Å². The number of H-pyrrole nitrogens is 1. The first-order valence-corrected chi connectivity index (χ1v) is 10.1. The first kappa shape index (κ1) is 17.3. The standard InChI is InChI=1S/C17H19BFN4O2S/c18-26-7-10-2-4-13(16(19)12(10)8-26)21-15-6-14(22-23-15)9-1-3-11(5-9)25-17(20)24/h2,4,6,9,11H,1,3,5,7-8H2,(H2,20,24)(H2,21,22,23). The summed E-state index contributed by atoms with van der Waals surface area (Å²) in [6.07, 6.45) is 1.46. The van der Waals surface area contributed by atoms with Crippen molar-refractivity contribution in [2.24, 2.45) is 5.73 Å². The third-order valence-electron chi connectivity index (χ3n) is 4.98. The number of nitrogens with one attached hydrogen (secondary N) is 2. The van der Waals surface area contributed by atoms with E-state index >= 15 is 0 Å². The third-order valence-corrected chi connectivity index (χ3v) is 6.32. The van der Waals surface area contributed by atoms with E-state index < -0.39 is 6.09 Å². The number of aromatic nitrogens is 2. The van der Waals surface area contributed by atoms with Crippen molar-refractivity contribution in [3.8, 4) is 0 Å². The minimum atomic E-state index is -0.741. The van der Waals surface area contributed by atoms with Gasteiger partial charge in [0.2, 0.25) is 0 Å². The molecule has 1 amide bonds. The van der Waals surface area contributed by atoms with E-state index in [1.54, 1.807) is 6.07 Å². The Morgan fingerprint density at radius 2 is 2.27 bits per heavy atom. The number of rotatable bonds is 4. The van der Waals surface area contributed by atoms with Crippen molar-refractivity contribution in [3.63, 3.8) is 0 Å². The molecular formula is C17H19BFN4O2S. The van der Waals surface area contributed by atoms with Gasteiger partial charge < -0.3 is 10.5 Å². The number of aromatic amines is 1. The maximum atomic E-state index is 14.7. The van der Waals surface area contributed by atoms with Crippen LogP contribution in [-0.2, 0) is 16.2 Å². The number of primary amides is 1. The molecule has 1 aliphatic heterocycles. The molecule has 1 fully saturated rings. The van der Waals surface area contributed by atoms with Crippen LogP contribution in [0.3, 0.4) is 0 Å². The van der Waals surface area contributed by atoms with Crippen LogP contribution in [0.4, 0.5) is 20.7 Å². The van der Waals surface area contributed by atoms with E-state index in [1.807, 2.05) is 12.1 Å². The molecule has 135 valence electrons. The van der Waals surface area contributed by atoms with E-state index in [0.717, 1.165) is 29.9 Å². The van der Waals surface area contributed by atoms with Gasteiger partial charge in [0, 0.05) is 0 Å². The van der Waals surface area contributed by atoms with Crippen LogP contribution in [0.25, 0.3) is 0 Å². The molecule has 0 saturated heterocycles. The molecule has 0 spiro atoms. The first-order valence-electron chi connectivity index (χ1n) is 8.50. The fourth-order valence-electron chi connectivity index (χ4n) is 3.73. The van der Waals surface area contributed by atoms with Crippen LogP contribution in [0.5, 0.6) is 0 Å². The Balaban J connectivity index is 1.46. The molecule has 4 rings (SSSR count). The van der Waals surface area contributed by atoms with Gasteiger partial charge in [0.15, 0.2) is 0 Å². The van der Waals surface area contributed by atoms with Crippen molar-refractivity contribution in [2.45, 2.75) is 42.8 Å². The van der Waals surface area contributed by atoms with Crippen LogP contribution in [0.2, 0.25) is 0 Å². The first-order chi connectivity index (χ1) is 12.5. The van der Waals surface area contributed by atoms with E-state index in [1.165, 1.54) is 0 Å². The van der Waals surface area contributed by atoms with Gasteiger partial charge in [-0.15, -0.1) is 0 Å². The summed E-state index contributed by atoms with van der Waals surface area (Å²) >= 11 is 0. The molecule has 6 nitrogen and oxygen atoms in total. The SMILES string of the molecule is [B]=S1Cc2ccc(Nc3cc(C4CCC(OC(N)=O)C4)[nH]n3)c(F)c2C1. The fourth-order valence-corrected chi connectivity index (χ4v) is 5.18. The second-order valence-electron chi connectivity index (χ2n) is 6.79. The normalized spacial score (nSPS) is 24.4. The number of ether oxygens (including phenoxy) is 1. The number of anilines is 2. The predicted octanol–water partition coefficient (Wildman–Crippen LogP) is 3.39. The Morgan fingerprint density at radius 3 is 3.08 bits per heavy atom. The molecule has 9 heteroatoms. The molecule has 1 aliphatic carbocycles. The number of amides is 1. The summed E-state index contributed by atoms with van der Waals surface area (Å²) in [5.74, 6) is 1.86. The molecule has 2 heterocycles. The van der Waals surface area contributed by atoms with Gasteiger partial charge in [-0.3, -0.25) is 0 Å². The molecule has 3 atom stereocenters. The second-order valence-corrected chi connectivity index (χ2v) is 8.45. The van der Waals surface area contributed by atoms with Crippen LogP contribution in [0.1, 0.15) is 42.0 Å². The van der Waals surface area contributed by atoms with E-state index in [2.05, 4.69) is 15.5 Å². The van der Waals surface area contributed by atoms with Crippen molar-refractivity contribution in [1.29, 1.82) is 0 Å². The molecule has 1 aromatic carbocycles. The molecule has 1 aromatic heterocycles. The van der Waals surface area contributed by atoms with Crippen molar-refractivity contribution in [2.75, 3.05) is 5.32 Å². The van der Waals surface area contributed by atoms with E-state index in [4.69, 9.17) is 17.2 Å². The summed E-state index contributed by atoms with van der Waals surface area (Å²) in [6, 6.07) is 5.53. The Labute approximate surface area is 153 Å². The Morgan fingerprint density at radius 1 is 1.42 bits per heavy atom. The van der Waals surface area contributed by atoms with E-state index in [9.17, 15) is 9.18 Å². The molecular weight excluding hydrogens is 354 g/mol. The van der Waals surface area contributed by atoms with Gasteiger partial charge in [-0.05, 0) is 0 Å². The minimum absolute atomic E-state index is 0.156. The zero-order valence-electron chi connectivity index (χ0n) is 14.1. The summed E-state index contributed by atoms with van der Waals surface area (Å²) in [6.45, 7) is 5.96. The molecule has 3 unspecified atom stereocenters. The number of carbonyl (C=O) groups excluding carboxylic acids is 1. The van der Waals surface area contributed by atoms with E-state index in [-0.39, 0.29) is 28.2 Å². The number of fused-ring (bicyclic) bond motifs is 1. The molecule has 1 radical (unpaired) electrons. The molecule has 2 aromatic rings. The number of hydrogen-bond acceptors (Lipinski definition) is 4. The van der Waals surface area contributed by atoms with Crippen molar-refractivity contribution in [3.05, 3.63) is 40.8 Å². The van der Waals surface area contributed by atoms with E-state index in [0.29, 0.717) is 29.2 Å². The summed E-state index contributed by atoms with van der Waals surface area (Å²) < 4.78 is 19.8. The van der Waals surface area contributed by atoms with Crippen LogP contribution >= 0.6 is 10.3 Å². The van der Waals surface area contributed by atoms with Gasteiger partial charge in [-0.1, -0.05) is 0 Å². The van der Waals surface area contributed by atoms with Crippen LogP contribution in [0, 0.1) is 5.82 Å². The maximum absolute atomic E-state index is 14.7. The molecule has 2 aliphatic rings. The van der Waals surface area contributed by atoms with Gasteiger partial charge in [0.1, 0.15) is 0 Å². The predicted molar refractivity (Wildman–Crippen MR) is 100 cm³/mol. The fraction of sp³-hybridized carbons (Fsp3) is 0.412. The number of nitrogens with zero attached hydrogens (tertiary/aromatic N) is 1. The monoisotopic (exact) mass is 373 g/mol. The summed E-state index contributed by atoms with van der Waals surface area (Å²) in [7, 11) is -0.274. The molecule has 1 saturated carbocycles. The Kier molecular flexibility index (Phi) is 4.56. The topological polar surface area (TPSA) is 93.0 Å². The number of benzene rings is 1. The molecule has 4 N–H and O–H groups in total. The zero-order chi connectivity index (χ0) is 18.3. The van der Waals surface area contributed by atoms with Crippen LogP contribution in [-0.4, -0.2) is 29.1 Å². The van der Waals surface area contributed by atoms with Gasteiger partial charge in [0.05, 0.1) is 0 Å². The van der Waals surface area contributed by atoms with Gasteiger partial charge >= 0.3 is 138 Å². The number of halogens is 1. The third kappa shape index (κ3) is 3.40. The number of nitrogens with two attached hydrogens (primary N) is 1. The summed E-state index contributed by atoms with van der Waals surface area (Å²) in [5, 5.41) is 10.3. The van der Waals surface area contributed by atoms with Crippen LogP contribution in [0.15, 0.2) is 18.2 Å². The zero-order valence-corrected chi connectivity index (χ0v) is 14.9. The second kappa shape index (κ2) is 6.87.